The second-order valence-electron chi connectivity index (χ2n) is 5.39. The fourth-order valence-corrected chi connectivity index (χ4v) is 3.00. The van der Waals surface area contributed by atoms with Crippen molar-refractivity contribution in [1.82, 2.24) is 5.32 Å². The van der Waals surface area contributed by atoms with E-state index in [4.69, 9.17) is 0 Å². The lowest BCUT2D eigenvalue weighted by atomic mass is 9.97. The third-order valence-electron chi connectivity index (χ3n) is 3.89. The zero-order valence-electron chi connectivity index (χ0n) is 11.9. The van der Waals surface area contributed by atoms with E-state index in [0.717, 1.165) is 29.5 Å². The van der Waals surface area contributed by atoms with Gasteiger partial charge < -0.3 is 5.32 Å². The van der Waals surface area contributed by atoms with Gasteiger partial charge in [0.2, 0.25) is 5.91 Å². The van der Waals surface area contributed by atoms with Crippen molar-refractivity contribution >= 4 is 5.91 Å². The number of rotatable bonds is 1. The van der Waals surface area contributed by atoms with Crippen LogP contribution in [0.5, 0.6) is 0 Å². The Balaban J connectivity index is 2.25. The number of hydrogen-bond acceptors (Lipinski definition) is 2. The monoisotopic (exact) mass is 279 g/mol. The summed E-state index contributed by atoms with van der Waals surface area (Å²) in [6, 6.07) is 15.1. The number of benzene rings is 1. The van der Waals surface area contributed by atoms with E-state index in [1.54, 1.807) is 18.2 Å². The molecule has 3 nitrogen and oxygen atoms in total. The molecular weight excluding hydrogens is 262 g/mol. The van der Waals surface area contributed by atoms with E-state index in [0.29, 0.717) is 0 Å². The normalized spacial score (nSPS) is 16.3. The number of fused-ring (bicyclic) bond motifs is 3. The maximum Gasteiger partial charge on any atom is 0.217 e. The molecule has 1 amide bonds. The molecule has 0 bridgehead atoms. The van der Waals surface area contributed by atoms with E-state index in [2.05, 4.69) is 17.4 Å². The summed E-state index contributed by atoms with van der Waals surface area (Å²) >= 11 is 0. The Morgan fingerprint density at radius 1 is 1.10 bits per heavy atom. The van der Waals surface area contributed by atoms with Gasteiger partial charge in [0.05, 0.1) is 6.04 Å². The first-order valence-electron chi connectivity index (χ1n) is 7.15. The molecule has 106 valence electrons. The molecule has 2 aromatic carbocycles. The van der Waals surface area contributed by atoms with Crippen LogP contribution < -0.4 is 10.7 Å². The van der Waals surface area contributed by atoms with Gasteiger partial charge in [-0.15, -0.1) is 0 Å². The maximum absolute atomic E-state index is 11.9. The minimum Gasteiger partial charge on any atom is -0.350 e. The summed E-state index contributed by atoms with van der Waals surface area (Å²) in [6.07, 6.45) is 1.68. The Hall–Kier alpha value is -2.42. The van der Waals surface area contributed by atoms with Crippen LogP contribution in [0, 0.1) is 0 Å². The summed E-state index contributed by atoms with van der Waals surface area (Å²) in [5.41, 5.74) is 4.31. The Kier molecular flexibility index (Phi) is 3.57. The van der Waals surface area contributed by atoms with Crippen LogP contribution in [0.25, 0.3) is 11.1 Å². The van der Waals surface area contributed by atoms with Gasteiger partial charge in [0.15, 0.2) is 5.43 Å². The molecule has 1 unspecified atom stereocenters. The summed E-state index contributed by atoms with van der Waals surface area (Å²) in [5, 5.41) is 2.98. The van der Waals surface area contributed by atoms with Crippen molar-refractivity contribution in [2.45, 2.75) is 25.8 Å². The van der Waals surface area contributed by atoms with Crippen LogP contribution in [0.4, 0.5) is 0 Å². The van der Waals surface area contributed by atoms with Gasteiger partial charge in [-0.2, -0.15) is 0 Å². The molecule has 0 saturated carbocycles. The van der Waals surface area contributed by atoms with E-state index < -0.39 is 0 Å². The van der Waals surface area contributed by atoms with Crippen LogP contribution >= 0.6 is 0 Å². The van der Waals surface area contributed by atoms with Gasteiger partial charge in [-0.05, 0) is 47.2 Å². The zero-order valence-corrected chi connectivity index (χ0v) is 11.9. The predicted octanol–water partition coefficient (Wildman–Crippen LogP) is 2.84. The van der Waals surface area contributed by atoms with Gasteiger partial charge in [0.25, 0.3) is 0 Å². The van der Waals surface area contributed by atoms with E-state index in [1.807, 2.05) is 18.2 Å². The first-order chi connectivity index (χ1) is 10.1. The molecular formula is C18H17NO2. The van der Waals surface area contributed by atoms with Gasteiger partial charge in [0, 0.05) is 6.92 Å². The number of hydrogen-bond donors (Lipinski definition) is 1. The van der Waals surface area contributed by atoms with Crippen molar-refractivity contribution in [2.75, 3.05) is 0 Å². The number of carbonyl (C=O) groups excluding carboxylic acids is 1. The number of amides is 1. The lowest BCUT2D eigenvalue weighted by Gasteiger charge is -2.17. The lowest BCUT2D eigenvalue weighted by molar-refractivity contribution is -0.119. The number of nitrogens with one attached hydrogen (secondary N) is 1. The molecule has 3 heteroatoms. The summed E-state index contributed by atoms with van der Waals surface area (Å²) in [7, 11) is 0. The fraction of sp³-hybridized carbons (Fsp3) is 0.222. The zero-order chi connectivity index (χ0) is 14.8. The van der Waals surface area contributed by atoms with Crippen LogP contribution in [0.15, 0.2) is 53.3 Å². The molecule has 0 aromatic heterocycles. The summed E-state index contributed by atoms with van der Waals surface area (Å²) in [5.74, 6) is -0.0733. The van der Waals surface area contributed by atoms with E-state index in [1.165, 1.54) is 12.5 Å². The third kappa shape index (κ3) is 2.72. The van der Waals surface area contributed by atoms with Crippen LogP contribution in [-0.2, 0) is 11.2 Å². The molecule has 1 aliphatic rings. The van der Waals surface area contributed by atoms with Crippen molar-refractivity contribution in [3.8, 4) is 11.1 Å². The van der Waals surface area contributed by atoms with Crippen molar-refractivity contribution in [2.24, 2.45) is 0 Å². The average Bonchev–Trinajstić information content (AvgIpc) is 2.71. The second-order valence-corrected chi connectivity index (χ2v) is 5.39. The molecule has 21 heavy (non-hydrogen) atoms. The van der Waals surface area contributed by atoms with Crippen LogP contribution in [0.1, 0.15) is 30.5 Å². The minimum atomic E-state index is -0.120. The molecule has 1 aliphatic carbocycles. The Bertz CT molecular complexity index is 752. The highest BCUT2D eigenvalue weighted by Crippen LogP contribution is 2.35. The molecule has 0 radical (unpaired) electrons. The predicted molar refractivity (Wildman–Crippen MR) is 83.0 cm³/mol. The summed E-state index contributed by atoms with van der Waals surface area (Å²) in [4.78, 5) is 23.4. The Morgan fingerprint density at radius 2 is 1.86 bits per heavy atom. The van der Waals surface area contributed by atoms with Gasteiger partial charge >= 0.3 is 0 Å². The molecule has 0 aliphatic heterocycles. The molecule has 0 spiro atoms. The highest BCUT2D eigenvalue weighted by molar-refractivity contribution is 5.76. The Morgan fingerprint density at radius 3 is 2.67 bits per heavy atom. The van der Waals surface area contributed by atoms with E-state index >= 15 is 0 Å². The van der Waals surface area contributed by atoms with E-state index in [-0.39, 0.29) is 17.4 Å². The minimum absolute atomic E-state index is 0.0361. The van der Waals surface area contributed by atoms with Gasteiger partial charge in [0.1, 0.15) is 0 Å². The first-order valence-corrected chi connectivity index (χ1v) is 7.15. The molecule has 0 fully saturated rings. The van der Waals surface area contributed by atoms with Crippen molar-refractivity contribution in [3.63, 3.8) is 0 Å². The number of carbonyl (C=O) groups is 1. The third-order valence-corrected chi connectivity index (χ3v) is 3.89. The maximum atomic E-state index is 11.9. The highest BCUT2D eigenvalue weighted by atomic mass is 16.1. The van der Waals surface area contributed by atoms with Gasteiger partial charge in [-0.25, -0.2) is 0 Å². The fourth-order valence-electron chi connectivity index (χ4n) is 3.00. The number of aryl methyl sites for hydroxylation is 1. The second kappa shape index (κ2) is 5.52. The first kappa shape index (κ1) is 13.6. The van der Waals surface area contributed by atoms with Crippen molar-refractivity contribution < 1.29 is 4.79 Å². The molecule has 2 aromatic rings. The highest BCUT2D eigenvalue weighted by Gasteiger charge is 2.22. The lowest BCUT2D eigenvalue weighted by Crippen LogP contribution is -2.26. The van der Waals surface area contributed by atoms with Crippen LogP contribution in [-0.4, -0.2) is 5.91 Å². The quantitative estimate of drug-likeness (QED) is 0.872. The average molecular weight is 279 g/mol. The smallest absolute Gasteiger partial charge is 0.217 e. The molecule has 1 N–H and O–H groups in total. The molecule has 0 heterocycles. The topological polar surface area (TPSA) is 46.2 Å². The van der Waals surface area contributed by atoms with Crippen LogP contribution in [0.3, 0.4) is 0 Å². The van der Waals surface area contributed by atoms with Crippen LogP contribution in [0.2, 0.25) is 0 Å². The van der Waals surface area contributed by atoms with Gasteiger partial charge in [-0.1, -0.05) is 36.4 Å². The SMILES string of the molecule is CC(=O)NC1CCc2ccccc2-c2cccc(=O)cc21. The van der Waals surface area contributed by atoms with Crippen molar-refractivity contribution in [3.05, 3.63) is 69.9 Å². The standard InChI is InChI=1S/C18H17NO2/c1-12(20)19-18-10-9-13-5-2-3-7-15(13)16-8-4-6-14(21)11-17(16)18/h2-8,11,18H,9-10H2,1H3,(H,19,20). The Labute approximate surface area is 123 Å². The summed E-state index contributed by atoms with van der Waals surface area (Å²) < 4.78 is 0. The summed E-state index contributed by atoms with van der Waals surface area (Å²) in [6.45, 7) is 1.51. The molecule has 3 rings (SSSR count). The van der Waals surface area contributed by atoms with E-state index in [9.17, 15) is 9.59 Å². The molecule has 1 atom stereocenters. The van der Waals surface area contributed by atoms with Gasteiger partial charge in [-0.3, -0.25) is 9.59 Å². The largest absolute Gasteiger partial charge is 0.350 e. The van der Waals surface area contributed by atoms with Crippen molar-refractivity contribution in [1.29, 1.82) is 0 Å². The molecule has 0 saturated heterocycles.